The fraction of sp³-hybridized carbons (Fsp3) is 0.211. The highest BCUT2D eigenvalue weighted by atomic mass is 16.1. The van der Waals surface area contributed by atoms with E-state index in [0.717, 1.165) is 5.56 Å². The molecule has 0 saturated carbocycles. The molecule has 0 aliphatic rings. The molecule has 0 aliphatic heterocycles. The highest BCUT2D eigenvalue weighted by Crippen LogP contribution is 2.22. The average Bonchev–Trinajstić information content (AvgIpc) is 2.45. The largest absolute Gasteiger partial charge is 0.399 e. The first kappa shape index (κ1) is 15.8. The molecule has 1 amide bonds. The number of carbonyl (C=O) groups is 1. The summed E-state index contributed by atoms with van der Waals surface area (Å²) in [6.07, 6.45) is 3.32. The zero-order valence-corrected chi connectivity index (χ0v) is 13.3. The van der Waals surface area contributed by atoms with E-state index in [-0.39, 0.29) is 11.3 Å². The van der Waals surface area contributed by atoms with Gasteiger partial charge in [-0.05, 0) is 40.8 Å². The van der Waals surface area contributed by atoms with E-state index in [1.54, 1.807) is 30.3 Å². The maximum Gasteiger partial charge on any atom is 0.248 e. The van der Waals surface area contributed by atoms with Crippen molar-refractivity contribution >= 4 is 23.4 Å². The molecule has 0 heterocycles. The van der Waals surface area contributed by atoms with Crippen LogP contribution in [0.5, 0.6) is 0 Å². The molecule has 22 heavy (non-hydrogen) atoms. The summed E-state index contributed by atoms with van der Waals surface area (Å²) in [6, 6.07) is 15.3. The SMILES string of the molecule is CC(C)(C)c1ccc(/C=C/C(=O)Nc2cccc(N)c2)cc1. The second-order valence-electron chi connectivity index (χ2n) is 6.32. The van der Waals surface area contributed by atoms with Gasteiger partial charge in [0.2, 0.25) is 5.91 Å². The topological polar surface area (TPSA) is 55.1 Å². The number of hydrogen-bond acceptors (Lipinski definition) is 2. The van der Waals surface area contributed by atoms with Gasteiger partial charge in [0, 0.05) is 17.5 Å². The van der Waals surface area contributed by atoms with Crippen LogP contribution < -0.4 is 11.1 Å². The summed E-state index contributed by atoms with van der Waals surface area (Å²) in [5.74, 6) is -0.175. The van der Waals surface area contributed by atoms with E-state index in [2.05, 4.69) is 38.2 Å². The molecule has 0 fully saturated rings. The van der Waals surface area contributed by atoms with E-state index >= 15 is 0 Å². The molecular formula is C19H22N2O. The summed E-state index contributed by atoms with van der Waals surface area (Å²) >= 11 is 0. The Bertz CT molecular complexity index is 679. The summed E-state index contributed by atoms with van der Waals surface area (Å²) in [6.45, 7) is 6.53. The molecule has 3 heteroatoms. The van der Waals surface area contributed by atoms with Gasteiger partial charge >= 0.3 is 0 Å². The molecule has 0 radical (unpaired) electrons. The molecule has 0 bridgehead atoms. The summed E-state index contributed by atoms with van der Waals surface area (Å²) in [4.78, 5) is 11.9. The first-order valence-corrected chi connectivity index (χ1v) is 7.30. The van der Waals surface area contributed by atoms with Gasteiger partial charge < -0.3 is 11.1 Å². The third kappa shape index (κ3) is 4.48. The maximum atomic E-state index is 11.9. The van der Waals surface area contributed by atoms with Gasteiger partial charge in [0.15, 0.2) is 0 Å². The van der Waals surface area contributed by atoms with Gasteiger partial charge in [-0.1, -0.05) is 51.1 Å². The third-order valence-corrected chi connectivity index (χ3v) is 3.36. The van der Waals surface area contributed by atoms with E-state index < -0.39 is 0 Å². The van der Waals surface area contributed by atoms with Gasteiger partial charge in [0.1, 0.15) is 0 Å². The third-order valence-electron chi connectivity index (χ3n) is 3.36. The first-order valence-electron chi connectivity index (χ1n) is 7.30. The van der Waals surface area contributed by atoms with Crippen molar-refractivity contribution in [2.75, 3.05) is 11.1 Å². The summed E-state index contributed by atoms with van der Waals surface area (Å²) in [5.41, 5.74) is 9.40. The van der Waals surface area contributed by atoms with Crippen LogP contribution in [0.4, 0.5) is 11.4 Å². The van der Waals surface area contributed by atoms with E-state index in [1.807, 2.05) is 12.1 Å². The molecule has 3 N–H and O–H groups in total. The predicted octanol–water partition coefficient (Wildman–Crippen LogP) is 4.22. The molecule has 2 rings (SSSR count). The van der Waals surface area contributed by atoms with Crippen LogP contribution in [0.2, 0.25) is 0 Å². The van der Waals surface area contributed by atoms with Crippen molar-refractivity contribution < 1.29 is 4.79 Å². The number of nitrogen functional groups attached to an aromatic ring is 1. The summed E-state index contributed by atoms with van der Waals surface area (Å²) < 4.78 is 0. The van der Waals surface area contributed by atoms with E-state index in [0.29, 0.717) is 11.4 Å². The Morgan fingerprint density at radius 3 is 2.36 bits per heavy atom. The highest BCUT2D eigenvalue weighted by molar-refractivity contribution is 6.02. The fourth-order valence-corrected chi connectivity index (χ4v) is 2.07. The average molecular weight is 294 g/mol. The monoisotopic (exact) mass is 294 g/mol. The molecule has 0 aromatic heterocycles. The maximum absolute atomic E-state index is 11.9. The minimum Gasteiger partial charge on any atom is -0.399 e. The molecule has 2 aromatic carbocycles. The van der Waals surface area contributed by atoms with E-state index in [9.17, 15) is 4.79 Å². The number of benzene rings is 2. The lowest BCUT2D eigenvalue weighted by molar-refractivity contribution is -0.111. The van der Waals surface area contributed by atoms with Gasteiger partial charge in [-0.2, -0.15) is 0 Å². The number of amides is 1. The Hall–Kier alpha value is -2.55. The number of nitrogens with one attached hydrogen (secondary N) is 1. The zero-order chi connectivity index (χ0) is 16.2. The molecule has 0 saturated heterocycles. The van der Waals surface area contributed by atoms with Crippen LogP contribution in [0.15, 0.2) is 54.6 Å². The number of anilines is 2. The van der Waals surface area contributed by atoms with Crippen LogP contribution in [-0.2, 0) is 10.2 Å². The quantitative estimate of drug-likeness (QED) is 0.658. The van der Waals surface area contributed by atoms with Crippen molar-refractivity contribution in [3.8, 4) is 0 Å². The van der Waals surface area contributed by atoms with Crippen molar-refractivity contribution in [1.82, 2.24) is 0 Å². The lowest BCUT2D eigenvalue weighted by atomic mass is 9.87. The van der Waals surface area contributed by atoms with E-state index in [1.165, 1.54) is 11.6 Å². The molecule has 2 aromatic rings. The van der Waals surface area contributed by atoms with Crippen LogP contribution in [0.25, 0.3) is 6.08 Å². The molecule has 0 atom stereocenters. The van der Waals surface area contributed by atoms with Gasteiger partial charge in [-0.3, -0.25) is 4.79 Å². The Balaban J connectivity index is 2.00. The van der Waals surface area contributed by atoms with Gasteiger partial charge in [0.05, 0.1) is 0 Å². The van der Waals surface area contributed by atoms with Crippen LogP contribution in [0.1, 0.15) is 31.9 Å². The minimum atomic E-state index is -0.175. The smallest absolute Gasteiger partial charge is 0.248 e. The Morgan fingerprint density at radius 1 is 1.09 bits per heavy atom. The van der Waals surface area contributed by atoms with Crippen LogP contribution >= 0.6 is 0 Å². The van der Waals surface area contributed by atoms with Crippen molar-refractivity contribution in [3.63, 3.8) is 0 Å². The summed E-state index contributed by atoms with van der Waals surface area (Å²) in [5, 5.41) is 2.78. The van der Waals surface area contributed by atoms with Crippen LogP contribution in [0.3, 0.4) is 0 Å². The summed E-state index contributed by atoms with van der Waals surface area (Å²) in [7, 11) is 0. The fourth-order valence-electron chi connectivity index (χ4n) is 2.07. The van der Waals surface area contributed by atoms with E-state index in [4.69, 9.17) is 5.73 Å². The van der Waals surface area contributed by atoms with Gasteiger partial charge in [-0.15, -0.1) is 0 Å². The normalized spacial score (nSPS) is 11.6. The predicted molar refractivity (Wildman–Crippen MR) is 93.7 cm³/mol. The molecule has 0 unspecified atom stereocenters. The molecular weight excluding hydrogens is 272 g/mol. The van der Waals surface area contributed by atoms with Crippen molar-refractivity contribution in [2.24, 2.45) is 0 Å². The molecule has 0 spiro atoms. The minimum absolute atomic E-state index is 0.132. The van der Waals surface area contributed by atoms with Crippen LogP contribution in [0, 0.1) is 0 Å². The second kappa shape index (κ2) is 6.48. The molecule has 0 aliphatic carbocycles. The lowest BCUT2D eigenvalue weighted by Gasteiger charge is -2.18. The number of carbonyl (C=O) groups excluding carboxylic acids is 1. The number of hydrogen-bond donors (Lipinski definition) is 2. The Labute approximate surface area is 131 Å². The van der Waals surface area contributed by atoms with Crippen molar-refractivity contribution in [2.45, 2.75) is 26.2 Å². The number of rotatable bonds is 3. The zero-order valence-electron chi connectivity index (χ0n) is 13.3. The van der Waals surface area contributed by atoms with Crippen molar-refractivity contribution in [3.05, 3.63) is 65.7 Å². The van der Waals surface area contributed by atoms with Gasteiger partial charge in [0.25, 0.3) is 0 Å². The van der Waals surface area contributed by atoms with Gasteiger partial charge in [-0.25, -0.2) is 0 Å². The van der Waals surface area contributed by atoms with Crippen LogP contribution in [-0.4, -0.2) is 5.91 Å². The highest BCUT2D eigenvalue weighted by Gasteiger charge is 2.12. The first-order chi connectivity index (χ1) is 10.3. The standard InChI is InChI=1S/C19H22N2O/c1-19(2,3)15-10-7-14(8-11-15)9-12-18(22)21-17-6-4-5-16(20)13-17/h4-13H,20H2,1-3H3,(H,21,22)/b12-9+. The Kier molecular flexibility index (Phi) is 4.66. The molecule has 3 nitrogen and oxygen atoms in total. The number of nitrogens with two attached hydrogens (primary N) is 1. The molecule has 114 valence electrons. The lowest BCUT2D eigenvalue weighted by Crippen LogP contribution is -2.10. The second-order valence-corrected chi connectivity index (χ2v) is 6.32. The Morgan fingerprint density at radius 2 is 1.77 bits per heavy atom. The van der Waals surface area contributed by atoms with Crippen molar-refractivity contribution in [1.29, 1.82) is 0 Å².